The van der Waals surface area contributed by atoms with Crippen molar-refractivity contribution in [2.24, 2.45) is 5.92 Å². The van der Waals surface area contributed by atoms with Crippen LogP contribution in [0.15, 0.2) is 30.3 Å². The highest BCUT2D eigenvalue weighted by molar-refractivity contribution is 7.91. The van der Waals surface area contributed by atoms with Crippen LogP contribution in [-0.2, 0) is 19.4 Å². The van der Waals surface area contributed by atoms with Crippen LogP contribution in [-0.4, -0.2) is 38.3 Å². The molecular formula is C14H18N2O5S. The highest BCUT2D eigenvalue weighted by atomic mass is 32.2. The first-order valence-electron chi connectivity index (χ1n) is 6.90. The topological polar surface area (TPSA) is 102 Å². The summed E-state index contributed by atoms with van der Waals surface area (Å²) in [4.78, 5) is 23.1. The predicted octanol–water partition coefficient (Wildman–Crippen LogP) is 0.0376. The third kappa shape index (κ3) is 5.36. The molecule has 0 aliphatic carbocycles. The molecule has 120 valence electrons. The van der Waals surface area contributed by atoms with Gasteiger partial charge in [0.2, 0.25) is 5.91 Å². The Morgan fingerprint density at radius 3 is 2.45 bits per heavy atom. The highest BCUT2D eigenvalue weighted by Gasteiger charge is 2.29. The molecule has 22 heavy (non-hydrogen) atoms. The molecule has 2 N–H and O–H groups in total. The summed E-state index contributed by atoms with van der Waals surface area (Å²) in [6.07, 6.45) is 0.569. The van der Waals surface area contributed by atoms with E-state index >= 15 is 0 Å². The molecule has 1 aliphatic heterocycles. The molecule has 7 nitrogen and oxygen atoms in total. The van der Waals surface area contributed by atoms with Crippen molar-refractivity contribution in [2.45, 2.75) is 12.8 Å². The molecule has 1 fully saturated rings. The van der Waals surface area contributed by atoms with Gasteiger partial charge in [0, 0.05) is 6.42 Å². The first kappa shape index (κ1) is 16.3. The lowest BCUT2D eigenvalue weighted by Gasteiger charge is -2.10. The van der Waals surface area contributed by atoms with Crippen molar-refractivity contribution in [2.75, 3.05) is 18.1 Å². The standard InChI is InChI=1S/C14H18N2O5S/c17-13(8-11-6-7-22(19,20)10-11)15-16-14(18)9-21-12-4-2-1-3-5-12/h1-5,11H,6-10H2,(H,15,17)(H,16,18). The van der Waals surface area contributed by atoms with Crippen LogP contribution in [0, 0.1) is 5.92 Å². The second kappa shape index (κ2) is 7.26. The minimum absolute atomic E-state index is 0.0332. The van der Waals surface area contributed by atoms with E-state index in [0.29, 0.717) is 12.2 Å². The molecule has 2 rings (SSSR count). The summed E-state index contributed by atoms with van der Waals surface area (Å²) < 4.78 is 27.8. The van der Waals surface area contributed by atoms with Crippen LogP contribution in [0.4, 0.5) is 0 Å². The Morgan fingerprint density at radius 2 is 1.82 bits per heavy atom. The minimum Gasteiger partial charge on any atom is -0.484 e. The first-order valence-corrected chi connectivity index (χ1v) is 8.73. The SMILES string of the molecule is O=C(COc1ccccc1)NNC(=O)CC1CCS(=O)(=O)C1. The molecular weight excluding hydrogens is 308 g/mol. The predicted molar refractivity (Wildman–Crippen MR) is 79.6 cm³/mol. The van der Waals surface area contributed by atoms with Crippen molar-refractivity contribution < 1.29 is 22.7 Å². The summed E-state index contributed by atoms with van der Waals surface area (Å²) in [7, 11) is -3.00. The van der Waals surface area contributed by atoms with Crippen LogP contribution >= 0.6 is 0 Å². The molecule has 0 bridgehead atoms. The van der Waals surface area contributed by atoms with E-state index in [-0.39, 0.29) is 30.5 Å². The monoisotopic (exact) mass is 326 g/mol. The van der Waals surface area contributed by atoms with Crippen molar-refractivity contribution in [1.29, 1.82) is 0 Å². The van der Waals surface area contributed by atoms with Crippen molar-refractivity contribution in [3.8, 4) is 5.75 Å². The molecule has 1 heterocycles. The van der Waals surface area contributed by atoms with Gasteiger partial charge in [0.1, 0.15) is 5.75 Å². The molecule has 1 aromatic rings. The van der Waals surface area contributed by atoms with Crippen molar-refractivity contribution in [1.82, 2.24) is 10.9 Å². The summed E-state index contributed by atoms with van der Waals surface area (Å²) in [5, 5.41) is 0. The molecule has 0 saturated carbocycles. The zero-order chi connectivity index (χ0) is 16.0. The number of rotatable bonds is 5. The Balaban J connectivity index is 1.65. The van der Waals surface area contributed by atoms with Crippen LogP contribution in [0.3, 0.4) is 0 Å². The average Bonchev–Trinajstić information content (AvgIpc) is 2.83. The van der Waals surface area contributed by atoms with Crippen LogP contribution < -0.4 is 15.6 Å². The second-order valence-corrected chi connectivity index (χ2v) is 7.40. The van der Waals surface area contributed by atoms with E-state index in [9.17, 15) is 18.0 Å². The van der Waals surface area contributed by atoms with E-state index in [2.05, 4.69) is 10.9 Å². The smallest absolute Gasteiger partial charge is 0.276 e. The molecule has 0 spiro atoms. The third-order valence-electron chi connectivity index (χ3n) is 3.26. The van der Waals surface area contributed by atoms with Gasteiger partial charge in [0.25, 0.3) is 5.91 Å². The van der Waals surface area contributed by atoms with Crippen molar-refractivity contribution in [3.63, 3.8) is 0 Å². The maximum absolute atomic E-state index is 11.6. The molecule has 0 radical (unpaired) electrons. The van der Waals surface area contributed by atoms with E-state index in [0.717, 1.165) is 0 Å². The van der Waals surface area contributed by atoms with Gasteiger partial charge < -0.3 is 4.74 Å². The van der Waals surface area contributed by atoms with E-state index in [4.69, 9.17) is 4.74 Å². The van der Waals surface area contributed by atoms with Crippen LogP contribution in [0.25, 0.3) is 0 Å². The number of hydrazine groups is 1. The molecule has 8 heteroatoms. The number of carbonyl (C=O) groups excluding carboxylic acids is 2. The van der Waals surface area contributed by atoms with Gasteiger partial charge in [-0.15, -0.1) is 0 Å². The number of para-hydroxylation sites is 1. The number of amides is 2. The fraction of sp³-hybridized carbons (Fsp3) is 0.429. The number of benzene rings is 1. The fourth-order valence-electron chi connectivity index (χ4n) is 2.19. The van der Waals surface area contributed by atoms with Gasteiger partial charge in [-0.1, -0.05) is 18.2 Å². The van der Waals surface area contributed by atoms with Gasteiger partial charge in [0.15, 0.2) is 16.4 Å². The highest BCUT2D eigenvalue weighted by Crippen LogP contribution is 2.21. The zero-order valence-corrected chi connectivity index (χ0v) is 12.8. The molecule has 2 amide bonds. The summed E-state index contributed by atoms with van der Waals surface area (Å²) >= 11 is 0. The number of carbonyl (C=O) groups is 2. The molecule has 1 unspecified atom stereocenters. The summed E-state index contributed by atoms with van der Waals surface area (Å²) in [5.74, 6) is -0.359. The van der Waals surface area contributed by atoms with Gasteiger partial charge in [-0.2, -0.15) is 0 Å². The lowest BCUT2D eigenvalue weighted by Crippen LogP contribution is -2.44. The van der Waals surface area contributed by atoms with Crippen LogP contribution in [0.1, 0.15) is 12.8 Å². The lowest BCUT2D eigenvalue weighted by molar-refractivity contribution is -0.130. The lowest BCUT2D eigenvalue weighted by atomic mass is 10.1. The maximum atomic E-state index is 11.6. The molecule has 1 aliphatic rings. The minimum atomic E-state index is -3.00. The van der Waals surface area contributed by atoms with E-state index in [1.54, 1.807) is 24.3 Å². The van der Waals surface area contributed by atoms with Crippen LogP contribution in [0.5, 0.6) is 5.75 Å². The largest absolute Gasteiger partial charge is 0.484 e. The summed E-state index contributed by atoms with van der Waals surface area (Å²) in [6, 6.07) is 8.82. The van der Waals surface area contributed by atoms with Gasteiger partial charge in [-0.3, -0.25) is 20.4 Å². The average molecular weight is 326 g/mol. The quantitative estimate of drug-likeness (QED) is 0.744. The van der Waals surface area contributed by atoms with E-state index in [1.807, 2.05) is 6.07 Å². The number of ether oxygens (including phenoxy) is 1. The number of hydrogen-bond donors (Lipinski definition) is 2. The first-order chi connectivity index (χ1) is 10.4. The van der Waals surface area contributed by atoms with Gasteiger partial charge >= 0.3 is 0 Å². The number of sulfone groups is 1. The maximum Gasteiger partial charge on any atom is 0.276 e. The Bertz CT molecular complexity index is 630. The Kier molecular flexibility index (Phi) is 5.37. The molecule has 0 aromatic heterocycles. The molecule has 1 aromatic carbocycles. The zero-order valence-electron chi connectivity index (χ0n) is 11.9. The van der Waals surface area contributed by atoms with E-state index < -0.39 is 21.7 Å². The molecule has 1 saturated heterocycles. The summed E-state index contributed by atoms with van der Waals surface area (Å²) in [6.45, 7) is -0.220. The van der Waals surface area contributed by atoms with Gasteiger partial charge in [0.05, 0.1) is 11.5 Å². The normalized spacial score (nSPS) is 19.4. The van der Waals surface area contributed by atoms with Crippen molar-refractivity contribution in [3.05, 3.63) is 30.3 Å². The van der Waals surface area contributed by atoms with Crippen LogP contribution in [0.2, 0.25) is 0 Å². The van der Waals surface area contributed by atoms with Gasteiger partial charge in [-0.05, 0) is 24.5 Å². The second-order valence-electron chi connectivity index (χ2n) is 5.17. The fourth-order valence-corrected chi connectivity index (χ4v) is 4.05. The Hall–Kier alpha value is -2.09. The van der Waals surface area contributed by atoms with Gasteiger partial charge in [-0.25, -0.2) is 8.42 Å². The number of nitrogens with one attached hydrogen (secondary N) is 2. The third-order valence-corrected chi connectivity index (χ3v) is 5.09. The Labute approximate surface area is 128 Å². The van der Waals surface area contributed by atoms with Crippen molar-refractivity contribution >= 4 is 21.7 Å². The molecule has 1 atom stereocenters. The van der Waals surface area contributed by atoms with E-state index in [1.165, 1.54) is 0 Å². The number of hydrogen-bond acceptors (Lipinski definition) is 5. The Morgan fingerprint density at radius 1 is 1.14 bits per heavy atom. The summed E-state index contributed by atoms with van der Waals surface area (Å²) in [5.41, 5.74) is 4.49.